The molecule has 3 aliphatic carbocycles. The van der Waals surface area contributed by atoms with Crippen LogP contribution in [0.3, 0.4) is 0 Å². The second-order valence-corrected chi connectivity index (χ2v) is 9.21. The largest absolute Gasteiger partial charge is 1.00 e. The van der Waals surface area contributed by atoms with Crippen molar-refractivity contribution in [2.75, 3.05) is 0 Å². The number of hydrogen-bond donors (Lipinski definition) is 0. The monoisotopic (exact) mass is 398 g/mol. The molecule has 6 heteroatoms. The van der Waals surface area contributed by atoms with Gasteiger partial charge in [0.2, 0.25) is 0 Å². The molecule has 134 valence electrons. The molecule has 4 nitrogen and oxygen atoms in total. The van der Waals surface area contributed by atoms with E-state index in [4.69, 9.17) is 6.64 Å². The van der Waals surface area contributed by atoms with Gasteiger partial charge in [0.1, 0.15) is 0 Å². The Morgan fingerprint density at radius 3 is 2.20 bits per heavy atom. The van der Waals surface area contributed by atoms with E-state index in [-0.39, 0.29) is 16.6 Å². The Balaban J connectivity index is 0.00000225. The average molecular weight is 399 g/mol. The molecule has 0 aliphatic heterocycles. The van der Waals surface area contributed by atoms with Crippen LogP contribution in [0, 0.1) is 0 Å². The topological polar surface area (TPSA) is 52.6 Å². The van der Waals surface area contributed by atoms with Crippen LogP contribution < -0.4 is 12.4 Å². The third-order valence-corrected chi connectivity index (χ3v) is 8.24. The molecule has 0 spiro atoms. The van der Waals surface area contributed by atoms with Crippen LogP contribution in [0.2, 0.25) is 4.22 Å². The molecule has 1 atom stereocenters. The minimum atomic E-state index is -2.85. The summed E-state index contributed by atoms with van der Waals surface area (Å²) < 4.78 is 11.2. The Morgan fingerprint density at radius 1 is 0.960 bits per heavy atom. The molecule has 0 saturated heterocycles. The van der Waals surface area contributed by atoms with E-state index in [1.807, 2.05) is 0 Å². The molecule has 0 fully saturated rings. The zero-order chi connectivity index (χ0) is 17.1. The van der Waals surface area contributed by atoms with Gasteiger partial charge in [-0.15, -0.1) is 0 Å². The quantitative estimate of drug-likeness (QED) is 0.519. The number of carbonyl (C=O) groups is 2. The first-order chi connectivity index (χ1) is 11.6. The van der Waals surface area contributed by atoms with E-state index < -0.39 is 30.6 Å². The van der Waals surface area contributed by atoms with Crippen LogP contribution in [0.4, 0.5) is 0 Å². The second kappa shape index (κ2) is 9.02. The Kier molecular flexibility index (Phi) is 7.30. The van der Waals surface area contributed by atoms with E-state index >= 15 is 0 Å². The first-order valence-electron chi connectivity index (χ1n) is 8.62. The molecule has 0 aromatic carbocycles. The van der Waals surface area contributed by atoms with Crippen molar-refractivity contribution >= 4 is 11.9 Å². The summed E-state index contributed by atoms with van der Waals surface area (Å²) in [4.78, 5) is 23.5. The summed E-state index contributed by atoms with van der Waals surface area (Å²) in [5.74, 6) is -0.990. The Bertz CT molecular complexity index is 628. The van der Waals surface area contributed by atoms with Crippen LogP contribution >= 0.6 is 0 Å². The number of halogens is 1. The van der Waals surface area contributed by atoms with Gasteiger partial charge in [-0.05, 0) is 0 Å². The molecule has 0 heterocycles. The van der Waals surface area contributed by atoms with Gasteiger partial charge in [-0.3, -0.25) is 0 Å². The van der Waals surface area contributed by atoms with Crippen molar-refractivity contribution in [1.82, 2.24) is 0 Å². The molecular formula is C19H23ClO4Ti. The van der Waals surface area contributed by atoms with Gasteiger partial charge in [0, 0.05) is 0 Å². The Labute approximate surface area is 162 Å². The van der Waals surface area contributed by atoms with Crippen molar-refractivity contribution in [3.05, 3.63) is 47.6 Å². The molecule has 0 radical (unpaired) electrons. The van der Waals surface area contributed by atoms with Crippen molar-refractivity contribution in [1.29, 1.82) is 0 Å². The van der Waals surface area contributed by atoms with E-state index in [1.165, 1.54) is 36.8 Å². The van der Waals surface area contributed by atoms with Crippen molar-refractivity contribution in [2.24, 2.45) is 0 Å². The molecule has 3 aliphatic rings. The smallest absolute Gasteiger partial charge is 1.00 e. The van der Waals surface area contributed by atoms with Gasteiger partial charge >= 0.3 is 150 Å². The molecule has 0 aromatic heterocycles. The van der Waals surface area contributed by atoms with Crippen LogP contribution in [0.1, 0.15) is 51.4 Å². The average Bonchev–Trinajstić information content (AvgIpc) is 2.99. The molecule has 3 rings (SSSR count). The van der Waals surface area contributed by atoms with Crippen molar-refractivity contribution < 1.29 is 47.3 Å². The predicted octanol–water partition coefficient (Wildman–Crippen LogP) is 1.44. The summed E-state index contributed by atoms with van der Waals surface area (Å²) in [6.45, 7) is 6.91. The minimum absolute atomic E-state index is 0. The summed E-state index contributed by atoms with van der Waals surface area (Å²) >= 11 is -2.85. The summed E-state index contributed by atoms with van der Waals surface area (Å²) in [5, 5.41) is 0. The maximum absolute atomic E-state index is 11.7. The fraction of sp³-hybridized carbons (Fsp3) is 0.474. The van der Waals surface area contributed by atoms with Crippen LogP contribution in [0.25, 0.3) is 0 Å². The van der Waals surface area contributed by atoms with Gasteiger partial charge < -0.3 is 12.4 Å². The van der Waals surface area contributed by atoms with Gasteiger partial charge in [-0.25, -0.2) is 0 Å². The van der Waals surface area contributed by atoms with Gasteiger partial charge in [0.25, 0.3) is 0 Å². The number of rotatable bonds is 5. The molecule has 0 aromatic rings. The minimum Gasteiger partial charge on any atom is -1.00 e. The molecular weight excluding hydrogens is 376 g/mol. The maximum Gasteiger partial charge on any atom is -1.00 e. The van der Waals surface area contributed by atoms with E-state index in [0.717, 1.165) is 37.8 Å². The molecule has 25 heavy (non-hydrogen) atoms. The van der Waals surface area contributed by atoms with E-state index in [2.05, 4.69) is 13.2 Å². The molecule has 0 N–H and O–H groups in total. The van der Waals surface area contributed by atoms with Crippen molar-refractivity contribution in [2.45, 2.75) is 55.6 Å². The number of hydrogen-bond acceptors (Lipinski definition) is 4. The van der Waals surface area contributed by atoms with E-state index in [9.17, 15) is 9.59 Å². The van der Waals surface area contributed by atoms with Gasteiger partial charge in [0.15, 0.2) is 0 Å². The molecule has 1 unspecified atom stereocenters. The SMILES string of the molecule is C=CC(=O)[O][Ti+]([O]C(=O)C=C)[CH]1CCCC2=C1CC1=C2CCCC1.[Cl-]. The Hall–Kier alpha value is -1.10. The summed E-state index contributed by atoms with van der Waals surface area (Å²) in [6.07, 6.45) is 11.3. The van der Waals surface area contributed by atoms with Crippen LogP contribution in [-0.4, -0.2) is 11.9 Å². The van der Waals surface area contributed by atoms with Gasteiger partial charge in [-0.1, -0.05) is 0 Å². The fourth-order valence-corrected chi connectivity index (χ4v) is 7.02. The molecule has 0 bridgehead atoms. The number of fused-ring (bicyclic) bond motifs is 1. The number of carbonyl (C=O) groups excluding carboxylic acids is 2. The maximum atomic E-state index is 11.7. The van der Waals surface area contributed by atoms with Crippen LogP contribution in [0.5, 0.6) is 0 Å². The molecule has 0 saturated carbocycles. The summed E-state index contributed by atoms with van der Waals surface area (Å²) in [7, 11) is 0. The second-order valence-electron chi connectivity index (χ2n) is 6.48. The van der Waals surface area contributed by atoms with Gasteiger partial charge in [0.05, 0.1) is 0 Å². The standard InChI is InChI=1S/C13H17.2C3H4O2.ClH.Ti/c1-3-7-12-10(5-1)9-11-6-2-4-8-13(11)12;2*1-2-3(4)5;;/h5H,1-4,6-9H2;2*2H,1H2,(H,4,5);1H;/q;;;;+3/p-3. The summed E-state index contributed by atoms with van der Waals surface area (Å²) in [5.41, 5.74) is 6.00. The Morgan fingerprint density at radius 2 is 1.56 bits per heavy atom. The van der Waals surface area contributed by atoms with Crippen LogP contribution in [-0.2, 0) is 34.9 Å². The first-order valence-corrected chi connectivity index (χ1v) is 10.8. The van der Waals surface area contributed by atoms with Gasteiger partial charge in [-0.2, -0.15) is 0 Å². The zero-order valence-corrected chi connectivity index (χ0v) is 16.6. The van der Waals surface area contributed by atoms with Crippen molar-refractivity contribution in [3.8, 4) is 0 Å². The fourth-order valence-electron chi connectivity index (χ4n) is 4.06. The third kappa shape index (κ3) is 4.36. The normalized spacial score (nSPS) is 21.5. The zero-order valence-electron chi connectivity index (χ0n) is 14.3. The molecule has 0 amide bonds. The van der Waals surface area contributed by atoms with E-state index in [0.29, 0.717) is 0 Å². The third-order valence-electron chi connectivity index (χ3n) is 5.10. The van der Waals surface area contributed by atoms with E-state index in [1.54, 1.807) is 11.1 Å². The summed E-state index contributed by atoms with van der Waals surface area (Å²) in [6, 6.07) is 0. The van der Waals surface area contributed by atoms with Crippen molar-refractivity contribution in [3.63, 3.8) is 0 Å². The van der Waals surface area contributed by atoms with Crippen LogP contribution in [0.15, 0.2) is 47.6 Å². The number of allylic oxidation sites excluding steroid dienone is 4. The predicted molar refractivity (Wildman–Crippen MR) is 87.3 cm³/mol. The first kappa shape index (κ1) is 20.2.